The number of nitrogens with two attached hydrogens (primary N) is 1. The van der Waals surface area contributed by atoms with Gasteiger partial charge in [-0.3, -0.25) is 4.79 Å². The van der Waals surface area contributed by atoms with Crippen molar-refractivity contribution in [3.63, 3.8) is 0 Å². The van der Waals surface area contributed by atoms with E-state index in [2.05, 4.69) is 0 Å². The zero-order chi connectivity index (χ0) is 13.0. The molecule has 0 atom stereocenters. The number of hydrogen-bond acceptors (Lipinski definition) is 4. The van der Waals surface area contributed by atoms with Gasteiger partial charge in [0, 0.05) is 25.8 Å². The van der Waals surface area contributed by atoms with Crippen molar-refractivity contribution in [2.45, 2.75) is 50.1 Å². The molecule has 0 aromatic rings. The van der Waals surface area contributed by atoms with Crippen LogP contribution in [0.1, 0.15) is 38.5 Å². The van der Waals surface area contributed by atoms with Crippen molar-refractivity contribution in [2.75, 3.05) is 26.4 Å². The minimum atomic E-state index is -0.782. The monoisotopic (exact) mass is 256 g/mol. The first-order valence-electron chi connectivity index (χ1n) is 6.96. The van der Waals surface area contributed by atoms with Gasteiger partial charge >= 0.3 is 0 Å². The molecule has 2 aliphatic rings. The Balaban J connectivity index is 2.06. The molecule has 0 aromatic heterocycles. The number of aliphatic hydroxyl groups excluding tert-OH is 1. The molecule has 0 spiro atoms. The fourth-order valence-corrected chi connectivity index (χ4v) is 3.01. The zero-order valence-electron chi connectivity index (χ0n) is 10.9. The largest absolute Gasteiger partial charge is 0.395 e. The number of aliphatic hydroxyl groups is 1. The minimum absolute atomic E-state index is 0.00625. The quantitative estimate of drug-likeness (QED) is 0.756. The summed E-state index contributed by atoms with van der Waals surface area (Å²) in [6, 6.07) is 0.271. The second kappa shape index (κ2) is 5.99. The van der Waals surface area contributed by atoms with Gasteiger partial charge in [0.25, 0.3) is 0 Å². The van der Waals surface area contributed by atoms with E-state index in [1.165, 1.54) is 12.8 Å². The van der Waals surface area contributed by atoms with Crippen LogP contribution < -0.4 is 5.73 Å². The highest BCUT2D eigenvalue weighted by Crippen LogP contribution is 2.27. The summed E-state index contributed by atoms with van der Waals surface area (Å²) in [6.45, 7) is 1.53. The zero-order valence-corrected chi connectivity index (χ0v) is 10.9. The van der Waals surface area contributed by atoms with Gasteiger partial charge < -0.3 is 20.5 Å². The second-order valence-electron chi connectivity index (χ2n) is 5.43. The van der Waals surface area contributed by atoms with Gasteiger partial charge in [-0.25, -0.2) is 0 Å². The lowest BCUT2D eigenvalue weighted by atomic mass is 9.89. The average molecular weight is 256 g/mol. The van der Waals surface area contributed by atoms with E-state index in [1.807, 2.05) is 4.90 Å². The number of hydrogen-bond donors (Lipinski definition) is 2. The molecule has 0 bridgehead atoms. The molecular formula is C13H24N2O3. The molecule has 0 radical (unpaired) electrons. The fraction of sp³-hybridized carbons (Fsp3) is 0.923. The molecular weight excluding hydrogens is 232 g/mol. The van der Waals surface area contributed by atoms with Crippen LogP contribution in [-0.4, -0.2) is 53.9 Å². The first kappa shape index (κ1) is 13.8. The van der Waals surface area contributed by atoms with E-state index in [-0.39, 0.29) is 18.6 Å². The van der Waals surface area contributed by atoms with Crippen LogP contribution in [0.2, 0.25) is 0 Å². The van der Waals surface area contributed by atoms with Gasteiger partial charge in [0.15, 0.2) is 0 Å². The van der Waals surface area contributed by atoms with Crippen LogP contribution in [-0.2, 0) is 9.53 Å². The lowest BCUT2D eigenvalue weighted by Crippen LogP contribution is -2.60. The molecule has 18 heavy (non-hydrogen) atoms. The third-order valence-corrected chi connectivity index (χ3v) is 4.18. The van der Waals surface area contributed by atoms with Crippen LogP contribution in [0.25, 0.3) is 0 Å². The smallest absolute Gasteiger partial charge is 0.243 e. The van der Waals surface area contributed by atoms with Crippen LogP contribution in [0.3, 0.4) is 0 Å². The summed E-state index contributed by atoms with van der Waals surface area (Å²) in [4.78, 5) is 14.4. The van der Waals surface area contributed by atoms with Crippen LogP contribution in [0.5, 0.6) is 0 Å². The topological polar surface area (TPSA) is 75.8 Å². The van der Waals surface area contributed by atoms with Gasteiger partial charge in [-0.1, -0.05) is 12.8 Å². The van der Waals surface area contributed by atoms with Crippen LogP contribution in [0.4, 0.5) is 0 Å². The van der Waals surface area contributed by atoms with Crippen LogP contribution in [0.15, 0.2) is 0 Å². The maximum Gasteiger partial charge on any atom is 0.243 e. The number of carbonyl (C=O) groups is 1. The Morgan fingerprint density at radius 1 is 1.33 bits per heavy atom. The molecule has 1 saturated carbocycles. The highest BCUT2D eigenvalue weighted by atomic mass is 16.5. The van der Waals surface area contributed by atoms with E-state index in [1.54, 1.807) is 0 Å². The Morgan fingerprint density at radius 3 is 2.50 bits per heavy atom. The normalized spacial score (nSPS) is 24.1. The van der Waals surface area contributed by atoms with Crippen molar-refractivity contribution in [1.29, 1.82) is 0 Å². The van der Waals surface area contributed by atoms with Gasteiger partial charge in [-0.05, 0) is 25.7 Å². The van der Waals surface area contributed by atoms with Gasteiger partial charge in [0.2, 0.25) is 5.91 Å². The Kier molecular flexibility index (Phi) is 4.59. The molecule has 1 aliphatic heterocycles. The van der Waals surface area contributed by atoms with Gasteiger partial charge in [0.1, 0.15) is 0 Å². The van der Waals surface area contributed by atoms with E-state index in [0.717, 1.165) is 12.8 Å². The molecule has 2 rings (SSSR count). The van der Waals surface area contributed by atoms with Gasteiger partial charge in [-0.2, -0.15) is 0 Å². The van der Waals surface area contributed by atoms with Crippen molar-refractivity contribution >= 4 is 5.91 Å². The summed E-state index contributed by atoms with van der Waals surface area (Å²) in [6.07, 6.45) is 5.58. The Bertz CT molecular complexity index is 284. The Hall–Kier alpha value is -0.650. The maximum atomic E-state index is 12.6. The van der Waals surface area contributed by atoms with Crippen LogP contribution >= 0.6 is 0 Å². The molecule has 5 heteroatoms. The summed E-state index contributed by atoms with van der Waals surface area (Å²) in [5.41, 5.74) is 5.47. The molecule has 104 valence electrons. The highest BCUT2D eigenvalue weighted by molar-refractivity contribution is 5.86. The summed E-state index contributed by atoms with van der Waals surface area (Å²) >= 11 is 0. The first-order chi connectivity index (χ1) is 8.67. The highest BCUT2D eigenvalue weighted by Gasteiger charge is 2.41. The third-order valence-electron chi connectivity index (χ3n) is 4.18. The van der Waals surface area contributed by atoms with E-state index < -0.39 is 5.54 Å². The molecule has 1 heterocycles. The van der Waals surface area contributed by atoms with Crippen molar-refractivity contribution in [3.8, 4) is 0 Å². The number of nitrogens with zero attached hydrogens (tertiary/aromatic N) is 1. The van der Waals surface area contributed by atoms with Crippen molar-refractivity contribution < 1.29 is 14.6 Å². The SMILES string of the molecule is NC1(C(=O)N(CCO)C2CCCC2)CCOCC1. The summed E-state index contributed by atoms with van der Waals surface area (Å²) in [5.74, 6) is 0.00625. The van der Waals surface area contributed by atoms with Gasteiger partial charge in [0.05, 0.1) is 12.1 Å². The lowest BCUT2D eigenvalue weighted by Gasteiger charge is -2.39. The first-order valence-corrected chi connectivity index (χ1v) is 6.96. The molecule has 1 aliphatic carbocycles. The molecule has 0 unspecified atom stereocenters. The molecule has 0 aromatic carbocycles. The Morgan fingerprint density at radius 2 is 1.94 bits per heavy atom. The van der Waals surface area contributed by atoms with E-state index in [9.17, 15) is 4.79 Å². The van der Waals surface area contributed by atoms with E-state index >= 15 is 0 Å². The average Bonchev–Trinajstić information content (AvgIpc) is 2.90. The standard InChI is InChI=1S/C13H24N2O3/c14-13(5-9-18-10-6-13)12(17)15(7-8-16)11-3-1-2-4-11/h11,16H,1-10,14H2. The molecule has 2 fully saturated rings. The molecule has 1 saturated heterocycles. The number of ether oxygens (including phenoxy) is 1. The van der Waals surface area contributed by atoms with Crippen molar-refractivity contribution in [2.24, 2.45) is 5.73 Å². The second-order valence-corrected chi connectivity index (χ2v) is 5.43. The fourth-order valence-electron chi connectivity index (χ4n) is 3.01. The van der Waals surface area contributed by atoms with Crippen molar-refractivity contribution in [1.82, 2.24) is 4.90 Å². The van der Waals surface area contributed by atoms with E-state index in [0.29, 0.717) is 32.6 Å². The number of amides is 1. The number of carbonyl (C=O) groups excluding carboxylic acids is 1. The summed E-state index contributed by atoms with van der Waals surface area (Å²) < 4.78 is 5.28. The number of rotatable bonds is 4. The van der Waals surface area contributed by atoms with Crippen molar-refractivity contribution in [3.05, 3.63) is 0 Å². The molecule has 1 amide bonds. The van der Waals surface area contributed by atoms with Gasteiger partial charge in [-0.15, -0.1) is 0 Å². The predicted molar refractivity (Wildman–Crippen MR) is 68.0 cm³/mol. The van der Waals surface area contributed by atoms with Crippen LogP contribution in [0, 0.1) is 0 Å². The summed E-state index contributed by atoms with van der Waals surface area (Å²) in [7, 11) is 0. The molecule has 5 nitrogen and oxygen atoms in total. The third kappa shape index (κ3) is 2.84. The maximum absolute atomic E-state index is 12.6. The predicted octanol–water partition coefficient (Wildman–Crippen LogP) is 0.258. The summed E-state index contributed by atoms with van der Waals surface area (Å²) in [5, 5.41) is 9.17. The molecule has 3 N–H and O–H groups in total. The minimum Gasteiger partial charge on any atom is -0.395 e. The van der Waals surface area contributed by atoms with E-state index in [4.69, 9.17) is 15.6 Å². The lowest BCUT2D eigenvalue weighted by molar-refractivity contribution is -0.143. The Labute approximate surface area is 108 Å².